The van der Waals surface area contributed by atoms with Crippen LogP contribution in [0.1, 0.15) is 31.6 Å². The number of hydrogen-bond donors (Lipinski definition) is 2. The van der Waals surface area contributed by atoms with E-state index < -0.39 is 12.0 Å². The van der Waals surface area contributed by atoms with E-state index in [9.17, 15) is 4.79 Å². The topological polar surface area (TPSA) is 68.2 Å². The zero-order chi connectivity index (χ0) is 13.4. The molecule has 1 heterocycles. The highest BCUT2D eigenvalue weighted by molar-refractivity contribution is 6.35. The molecule has 0 aliphatic heterocycles. The van der Waals surface area contributed by atoms with Gasteiger partial charge < -0.3 is 15.4 Å². The molecule has 3 N–H and O–H groups in total. The lowest BCUT2D eigenvalue weighted by Crippen LogP contribution is -2.24. The van der Waals surface area contributed by atoms with E-state index in [1.54, 1.807) is 12.1 Å². The van der Waals surface area contributed by atoms with Gasteiger partial charge >= 0.3 is 5.97 Å². The van der Waals surface area contributed by atoms with Crippen LogP contribution in [0.3, 0.4) is 0 Å². The quantitative estimate of drug-likeness (QED) is 0.897. The molecule has 0 radical (unpaired) electrons. The Balaban J connectivity index is 2.77. The van der Waals surface area contributed by atoms with Gasteiger partial charge in [-0.05, 0) is 32.0 Å². The van der Waals surface area contributed by atoms with Crippen LogP contribution >= 0.6 is 11.6 Å². The molecule has 0 saturated heterocycles. The monoisotopic (exact) mass is 266 g/mol. The molecule has 18 heavy (non-hydrogen) atoms. The predicted molar refractivity (Wildman–Crippen MR) is 71.9 cm³/mol. The molecular formula is C13H15ClN2O2. The maximum absolute atomic E-state index is 11.1. The third-order valence-corrected chi connectivity index (χ3v) is 3.29. The van der Waals surface area contributed by atoms with Gasteiger partial charge in [-0.15, -0.1) is 0 Å². The number of carbonyl (C=O) groups is 1. The molecule has 5 heteroatoms. The lowest BCUT2D eigenvalue weighted by molar-refractivity contribution is -0.138. The number of nitrogens with zero attached hydrogens (tertiary/aromatic N) is 1. The predicted octanol–water partition coefficient (Wildman–Crippen LogP) is 2.96. The maximum Gasteiger partial charge on any atom is 0.326 e. The first-order valence-corrected chi connectivity index (χ1v) is 6.09. The van der Waals surface area contributed by atoms with E-state index in [1.807, 2.05) is 30.5 Å². The maximum atomic E-state index is 11.1. The van der Waals surface area contributed by atoms with Gasteiger partial charge in [0.05, 0.1) is 5.52 Å². The van der Waals surface area contributed by atoms with E-state index in [0.29, 0.717) is 10.7 Å². The molecule has 0 saturated carbocycles. The lowest BCUT2D eigenvalue weighted by atomic mass is 10.2. The molecule has 0 fully saturated rings. The number of rotatable bonds is 3. The molecular weight excluding hydrogens is 252 g/mol. The van der Waals surface area contributed by atoms with Gasteiger partial charge in [-0.1, -0.05) is 17.7 Å². The number of carboxylic acids is 1. The van der Waals surface area contributed by atoms with Crippen LogP contribution in [-0.2, 0) is 4.79 Å². The van der Waals surface area contributed by atoms with Crippen LogP contribution in [0.5, 0.6) is 0 Å². The summed E-state index contributed by atoms with van der Waals surface area (Å²) in [6.45, 7) is 3.97. The molecule has 2 rings (SSSR count). The number of fused-ring (bicyclic) bond motifs is 1. The highest BCUT2D eigenvalue weighted by Gasteiger charge is 2.22. The van der Waals surface area contributed by atoms with Gasteiger partial charge in [0.15, 0.2) is 0 Å². The van der Waals surface area contributed by atoms with Gasteiger partial charge in [-0.2, -0.15) is 0 Å². The van der Waals surface area contributed by atoms with Gasteiger partial charge in [0.1, 0.15) is 6.04 Å². The molecule has 0 aliphatic carbocycles. The lowest BCUT2D eigenvalue weighted by Gasteiger charge is -2.16. The Bertz CT molecular complexity index is 604. The third-order valence-electron chi connectivity index (χ3n) is 2.96. The largest absolute Gasteiger partial charge is 0.480 e. The molecule has 96 valence electrons. The summed E-state index contributed by atoms with van der Waals surface area (Å²) in [7, 11) is 0. The second-order valence-electron chi connectivity index (χ2n) is 4.52. The Kier molecular flexibility index (Phi) is 3.32. The second-order valence-corrected chi connectivity index (χ2v) is 4.93. The fraction of sp³-hybridized carbons (Fsp3) is 0.308. The van der Waals surface area contributed by atoms with Crippen LogP contribution in [-0.4, -0.2) is 15.6 Å². The van der Waals surface area contributed by atoms with Crippen LogP contribution in [0.15, 0.2) is 24.3 Å². The van der Waals surface area contributed by atoms with Gasteiger partial charge in [0, 0.05) is 22.1 Å². The molecule has 1 atom stereocenters. The average Bonchev–Trinajstić information content (AvgIpc) is 2.68. The number of aliphatic carboxylic acids is 1. The molecule has 1 unspecified atom stereocenters. The summed E-state index contributed by atoms with van der Waals surface area (Å²) in [6, 6.07) is 6.37. The number of halogens is 1. The second kappa shape index (κ2) is 4.63. The summed E-state index contributed by atoms with van der Waals surface area (Å²) in [6.07, 6.45) is 0. The Morgan fingerprint density at radius 3 is 2.67 bits per heavy atom. The Labute approximate surface area is 110 Å². The van der Waals surface area contributed by atoms with Crippen molar-refractivity contribution in [1.82, 2.24) is 4.57 Å². The van der Waals surface area contributed by atoms with E-state index in [2.05, 4.69) is 0 Å². The van der Waals surface area contributed by atoms with E-state index in [0.717, 1.165) is 10.9 Å². The van der Waals surface area contributed by atoms with Crippen LogP contribution in [0.4, 0.5) is 0 Å². The SMILES string of the molecule is CC(C)n1c(C(N)C(=O)O)cc2c(Cl)cccc21. The number of hydrogen-bond acceptors (Lipinski definition) is 2. The van der Waals surface area contributed by atoms with Crippen LogP contribution in [0.25, 0.3) is 10.9 Å². The fourth-order valence-corrected chi connectivity index (χ4v) is 2.40. The normalized spacial score (nSPS) is 13.2. The summed E-state index contributed by atoms with van der Waals surface area (Å²) in [5.41, 5.74) is 7.20. The molecule has 2 aromatic rings. The van der Waals surface area contributed by atoms with Crippen molar-refractivity contribution >= 4 is 28.5 Å². The van der Waals surface area contributed by atoms with E-state index in [1.165, 1.54) is 0 Å². The number of benzene rings is 1. The number of carboxylic acid groups (broad SMARTS) is 1. The highest BCUT2D eigenvalue weighted by atomic mass is 35.5. The molecule has 0 amide bonds. The van der Waals surface area contributed by atoms with Crippen molar-refractivity contribution in [2.45, 2.75) is 25.9 Å². The van der Waals surface area contributed by atoms with E-state index in [4.69, 9.17) is 22.4 Å². The summed E-state index contributed by atoms with van der Waals surface area (Å²) in [4.78, 5) is 11.1. The van der Waals surface area contributed by atoms with Crippen LogP contribution in [0, 0.1) is 0 Å². The summed E-state index contributed by atoms with van der Waals surface area (Å²) in [5.74, 6) is -1.05. The standard InChI is InChI=1S/C13H15ClN2O2/c1-7(2)16-10-5-3-4-9(14)8(10)6-11(16)12(15)13(17)18/h3-7,12H,15H2,1-2H3,(H,17,18). The minimum Gasteiger partial charge on any atom is -0.480 e. The van der Waals surface area contributed by atoms with Crippen LogP contribution < -0.4 is 5.73 Å². The van der Waals surface area contributed by atoms with Gasteiger partial charge in [0.25, 0.3) is 0 Å². The first-order chi connectivity index (χ1) is 8.43. The molecule has 1 aromatic carbocycles. The first-order valence-electron chi connectivity index (χ1n) is 5.71. The Morgan fingerprint density at radius 1 is 1.44 bits per heavy atom. The van der Waals surface area contributed by atoms with Crippen LogP contribution in [0.2, 0.25) is 5.02 Å². The smallest absolute Gasteiger partial charge is 0.326 e. The zero-order valence-electron chi connectivity index (χ0n) is 10.2. The van der Waals surface area contributed by atoms with Crippen molar-refractivity contribution < 1.29 is 9.90 Å². The first kappa shape index (κ1) is 12.9. The van der Waals surface area contributed by atoms with Gasteiger partial charge in [0.2, 0.25) is 0 Å². The summed E-state index contributed by atoms with van der Waals surface area (Å²) < 4.78 is 1.92. The Hall–Kier alpha value is -1.52. The molecule has 0 bridgehead atoms. The zero-order valence-corrected chi connectivity index (χ0v) is 11.0. The number of aromatic nitrogens is 1. The molecule has 0 aliphatic rings. The van der Waals surface area contributed by atoms with Crippen molar-refractivity contribution in [3.8, 4) is 0 Å². The van der Waals surface area contributed by atoms with E-state index in [-0.39, 0.29) is 6.04 Å². The molecule has 4 nitrogen and oxygen atoms in total. The summed E-state index contributed by atoms with van der Waals surface area (Å²) >= 11 is 6.13. The molecule has 1 aromatic heterocycles. The molecule has 0 spiro atoms. The minimum atomic E-state index is -1.05. The number of nitrogens with two attached hydrogens (primary N) is 1. The van der Waals surface area contributed by atoms with Crippen molar-refractivity contribution in [2.75, 3.05) is 0 Å². The summed E-state index contributed by atoms with van der Waals surface area (Å²) in [5, 5.41) is 10.5. The van der Waals surface area contributed by atoms with Crippen molar-refractivity contribution in [3.63, 3.8) is 0 Å². The average molecular weight is 267 g/mol. The van der Waals surface area contributed by atoms with E-state index >= 15 is 0 Å². The Morgan fingerprint density at radius 2 is 2.11 bits per heavy atom. The minimum absolute atomic E-state index is 0.112. The van der Waals surface area contributed by atoms with Crippen molar-refractivity contribution in [1.29, 1.82) is 0 Å². The van der Waals surface area contributed by atoms with Crippen molar-refractivity contribution in [2.24, 2.45) is 5.73 Å². The van der Waals surface area contributed by atoms with Crippen molar-refractivity contribution in [3.05, 3.63) is 35.0 Å². The highest BCUT2D eigenvalue weighted by Crippen LogP contribution is 2.31. The third kappa shape index (κ3) is 1.98. The fourth-order valence-electron chi connectivity index (χ4n) is 2.18. The van der Waals surface area contributed by atoms with Gasteiger partial charge in [-0.3, -0.25) is 4.79 Å². The van der Waals surface area contributed by atoms with Gasteiger partial charge in [-0.25, -0.2) is 0 Å².